The molecule has 3 aliphatic rings. The molecule has 3 heteroatoms. The Kier molecular flexibility index (Phi) is 5.57. The maximum Gasteiger partial charge on any atom is 0.0809 e. The molecule has 0 bridgehead atoms. The van der Waals surface area contributed by atoms with Crippen LogP contribution in [0, 0.1) is 23.2 Å². The first-order valence-corrected chi connectivity index (χ1v) is 9.91. The zero-order chi connectivity index (χ0) is 18.2. The van der Waals surface area contributed by atoms with E-state index in [0.717, 1.165) is 12.0 Å². The molecule has 25 heavy (non-hydrogen) atoms. The molecule has 0 aromatic carbocycles. The molecule has 3 fully saturated rings. The number of fused-ring (bicyclic) bond motifs is 1. The second-order valence-corrected chi connectivity index (χ2v) is 8.84. The lowest BCUT2D eigenvalue weighted by molar-refractivity contribution is 0.0690. The van der Waals surface area contributed by atoms with Gasteiger partial charge in [0.05, 0.1) is 12.2 Å². The van der Waals surface area contributed by atoms with Gasteiger partial charge in [0.25, 0.3) is 0 Å². The van der Waals surface area contributed by atoms with Gasteiger partial charge in [-0.15, -0.1) is 0 Å². The van der Waals surface area contributed by atoms with Gasteiger partial charge in [0, 0.05) is 6.61 Å². The van der Waals surface area contributed by atoms with Crippen LogP contribution in [0.2, 0.25) is 0 Å². The maximum atomic E-state index is 10.0. The van der Waals surface area contributed by atoms with Gasteiger partial charge >= 0.3 is 0 Å². The summed E-state index contributed by atoms with van der Waals surface area (Å²) in [7, 11) is 0. The fourth-order valence-electron chi connectivity index (χ4n) is 5.77. The molecule has 0 aliphatic heterocycles. The van der Waals surface area contributed by atoms with Crippen LogP contribution in [0.3, 0.4) is 0 Å². The van der Waals surface area contributed by atoms with Gasteiger partial charge in [0.15, 0.2) is 0 Å². The van der Waals surface area contributed by atoms with Gasteiger partial charge in [-0.1, -0.05) is 43.7 Å². The van der Waals surface area contributed by atoms with E-state index in [1.807, 2.05) is 0 Å². The number of hydrogen-bond acceptors (Lipinski definition) is 3. The number of rotatable bonds is 3. The van der Waals surface area contributed by atoms with Crippen molar-refractivity contribution in [2.75, 3.05) is 6.61 Å². The third kappa shape index (κ3) is 3.51. The predicted octanol–water partition coefficient (Wildman–Crippen LogP) is 3.76. The van der Waals surface area contributed by atoms with Crippen LogP contribution in [0.15, 0.2) is 35.5 Å². The maximum absolute atomic E-state index is 10.0. The molecule has 6 atom stereocenters. The summed E-state index contributed by atoms with van der Waals surface area (Å²) >= 11 is 0. The van der Waals surface area contributed by atoms with Crippen LogP contribution >= 0.6 is 0 Å². The molecule has 3 rings (SSSR count). The van der Waals surface area contributed by atoms with E-state index in [4.69, 9.17) is 0 Å². The first-order valence-electron chi connectivity index (χ1n) is 9.91. The lowest BCUT2D eigenvalue weighted by Crippen LogP contribution is -2.36. The van der Waals surface area contributed by atoms with Crippen LogP contribution in [-0.4, -0.2) is 34.1 Å². The van der Waals surface area contributed by atoms with Gasteiger partial charge in [-0.25, -0.2) is 0 Å². The summed E-state index contributed by atoms with van der Waals surface area (Å²) < 4.78 is 0. The van der Waals surface area contributed by atoms with Gasteiger partial charge < -0.3 is 15.3 Å². The van der Waals surface area contributed by atoms with E-state index < -0.39 is 12.2 Å². The molecule has 0 aromatic heterocycles. The standard InChI is InChI=1S/C22H34O3/c1-14(13-23)18-8-9-19-17(5-4-10-22(18,19)3)7-6-16-11-20(24)15(2)21(25)12-16/h6-7,14,18-21,23-25H,2,4-5,8-13H2,1,3H3/b17-7+/t14?,18-,19+,20-,21-,22-/m1/s1. The molecule has 0 aromatic rings. The van der Waals surface area contributed by atoms with Gasteiger partial charge in [-0.2, -0.15) is 0 Å². The Bertz CT molecular complexity index is 560. The fraction of sp³-hybridized carbons (Fsp3) is 0.727. The molecule has 0 radical (unpaired) electrons. The summed E-state index contributed by atoms with van der Waals surface area (Å²) in [5, 5.41) is 29.7. The Labute approximate surface area is 152 Å². The molecule has 3 N–H and O–H groups in total. The van der Waals surface area contributed by atoms with E-state index in [1.54, 1.807) is 0 Å². The molecule has 3 nitrogen and oxygen atoms in total. The topological polar surface area (TPSA) is 60.7 Å². The third-order valence-electron chi connectivity index (χ3n) is 7.31. The van der Waals surface area contributed by atoms with Crippen LogP contribution < -0.4 is 0 Å². The van der Waals surface area contributed by atoms with Crippen LogP contribution in [0.25, 0.3) is 0 Å². The molecule has 140 valence electrons. The fourth-order valence-corrected chi connectivity index (χ4v) is 5.77. The van der Waals surface area contributed by atoms with E-state index in [1.165, 1.54) is 31.3 Å². The average Bonchev–Trinajstić information content (AvgIpc) is 2.94. The van der Waals surface area contributed by atoms with Gasteiger partial charge in [-0.05, 0) is 73.7 Å². The Morgan fingerprint density at radius 3 is 2.52 bits per heavy atom. The molecule has 1 unspecified atom stereocenters. The van der Waals surface area contributed by atoms with Crippen molar-refractivity contribution in [2.45, 2.75) is 71.0 Å². The quantitative estimate of drug-likeness (QED) is 0.682. The lowest BCUT2D eigenvalue weighted by Gasteiger charge is -2.44. The molecule has 3 aliphatic carbocycles. The van der Waals surface area contributed by atoms with Crippen molar-refractivity contribution in [1.82, 2.24) is 0 Å². The van der Waals surface area contributed by atoms with Crippen molar-refractivity contribution in [2.24, 2.45) is 23.2 Å². The van der Waals surface area contributed by atoms with E-state index in [0.29, 0.717) is 41.6 Å². The van der Waals surface area contributed by atoms with Crippen molar-refractivity contribution in [3.8, 4) is 0 Å². The predicted molar refractivity (Wildman–Crippen MR) is 101 cm³/mol. The number of aliphatic hydroxyl groups is 3. The number of hydrogen-bond donors (Lipinski definition) is 3. The smallest absolute Gasteiger partial charge is 0.0809 e. The highest BCUT2D eigenvalue weighted by atomic mass is 16.3. The Morgan fingerprint density at radius 2 is 1.88 bits per heavy atom. The van der Waals surface area contributed by atoms with E-state index >= 15 is 0 Å². The van der Waals surface area contributed by atoms with E-state index in [-0.39, 0.29) is 6.61 Å². The lowest BCUT2D eigenvalue weighted by atomic mass is 9.61. The van der Waals surface area contributed by atoms with E-state index in [2.05, 4.69) is 32.6 Å². The number of aliphatic hydroxyl groups excluding tert-OH is 3. The summed E-state index contributed by atoms with van der Waals surface area (Å²) in [5.74, 6) is 1.60. The summed E-state index contributed by atoms with van der Waals surface area (Å²) in [6.07, 6.45) is 10.4. The molecular weight excluding hydrogens is 312 g/mol. The van der Waals surface area contributed by atoms with Crippen LogP contribution in [0.4, 0.5) is 0 Å². The summed E-state index contributed by atoms with van der Waals surface area (Å²) in [6, 6.07) is 0. The average molecular weight is 347 g/mol. The molecule has 0 spiro atoms. The van der Waals surface area contributed by atoms with Crippen molar-refractivity contribution in [1.29, 1.82) is 0 Å². The number of allylic oxidation sites excluding steroid dienone is 3. The van der Waals surface area contributed by atoms with Gasteiger partial charge in [-0.3, -0.25) is 0 Å². The summed E-state index contributed by atoms with van der Waals surface area (Å²) in [5.41, 5.74) is 3.50. The van der Waals surface area contributed by atoms with Gasteiger partial charge in [0.2, 0.25) is 0 Å². The normalized spacial score (nSPS) is 41.7. The van der Waals surface area contributed by atoms with Crippen LogP contribution in [-0.2, 0) is 0 Å². The first kappa shape index (κ1) is 18.9. The molecule has 3 saturated carbocycles. The minimum atomic E-state index is -0.619. The molecule has 0 saturated heterocycles. The highest BCUT2D eigenvalue weighted by Gasteiger charge is 2.50. The second kappa shape index (κ2) is 7.38. The Hall–Kier alpha value is -0.900. The second-order valence-electron chi connectivity index (χ2n) is 8.84. The first-order chi connectivity index (χ1) is 11.9. The van der Waals surface area contributed by atoms with Crippen LogP contribution in [0.1, 0.15) is 58.8 Å². The van der Waals surface area contributed by atoms with Gasteiger partial charge in [0.1, 0.15) is 0 Å². The van der Waals surface area contributed by atoms with E-state index in [9.17, 15) is 15.3 Å². The third-order valence-corrected chi connectivity index (χ3v) is 7.31. The molecular formula is C22H34O3. The SMILES string of the molecule is C=C1[C@H](O)CC(=C/C=C2\CCC[C@]3(C)[C@@H](C(C)CO)CC[C@@H]23)C[C@H]1O. The summed E-state index contributed by atoms with van der Waals surface area (Å²) in [4.78, 5) is 0. The molecule has 0 amide bonds. The van der Waals surface area contributed by atoms with Crippen LogP contribution in [0.5, 0.6) is 0 Å². The van der Waals surface area contributed by atoms with Crippen molar-refractivity contribution in [3.63, 3.8) is 0 Å². The molecule has 0 heterocycles. The Morgan fingerprint density at radius 1 is 1.20 bits per heavy atom. The van der Waals surface area contributed by atoms with Crippen molar-refractivity contribution < 1.29 is 15.3 Å². The highest BCUT2D eigenvalue weighted by Crippen LogP contribution is 2.59. The van der Waals surface area contributed by atoms with Crippen molar-refractivity contribution >= 4 is 0 Å². The largest absolute Gasteiger partial charge is 0.396 e. The van der Waals surface area contributed by atoms with Crippen molar-refractivity contribution in [3.05, 3.63) is 35.5 Å². The zero-order valence-corrected chi connectivity index (χ0v) is 15.7. The minimum absolute atomic E-state index is 0.287. The minimum Gasteiger partial charge on any atom is -0.396 e. The monoisotopic (exact) mass is 346 g/mol. The Balaban J connectivity index is 1.78. The summed E-state index contributed by atoms with van der Waals surface area (Å²) in [6.45, 7) is 8.69. The zero-order valence-electron chi connectivity index (χ0n) is 15.7. The highest BCUT2D eigenvalue weighted by molar-refractivity contribution is 5.29.